The summed E-state index contributed by atoms with van der Waals surface area (Å²) >= 11 is 0. The Hall–Kier alpha value is -3.73. The predicted octanol–water partition coefficient (Wildman–Crippen LogP) is 3.83. The Morgan fingerprint density at radius 3 is 2.19 bits per heavy atom. The first-order valence-corrected chi connectivity index (χ1v) is 17.4. The molecule has 0 aliphatic carbocycles. The van der Waals surface area contributed by atoms with Gasteiger partial charge in [0, 0.05) is 50.8 Å². The second-order valence-electron chi connectivity index (χ2n) is 13.0. The molecule has 11 heteroatoms. The third-order valence-corrected chi connectivity index (χ3v) is 8.03. The Balaban J connectivity index is 1.93. The van der Waals surface area contributed by atoms with Crippen molar-refractivity contribution in [1.29, 1.82) is 0 Å². The quantitative estimate of drug-likeness (QED) is 0.109. The Bertz CT molecular complexity index is 1200. The lowest BCUT2D eigenvalue weighted by atomic mass is 10.0. The maximum atomic E-state index is 13.5. The standard InChI is InChI=1S/C36H58N6O5/c1-27(2)22-32(40-34(45)19-13-14-20-38-29(4)44)36(47)41-33(35(46)39-28(3)25-43)23-31-24-37-26-42(31)21-15-8-6-5-7-10-16-30-17-11-9-12-18-30/h9,11-12,17-18,24,26-28,32-33,43H,5-8,10,13-16,19-23,25H2,1-4H3,(H,38,44)(H,39,46)(H,40,45)(H,41,47). The van der Waals surface area contributed by atoms with E-state index in [1.165, 1.54) is 31.7 Å². The van der Waals surface area contributed by atoms with E-state index in [1.54, 1.807) is 19.4 Å². The van der Waals surface area contributed by atoms with Gasteiger partial charge < -0.3 is 30.9 Å². The van der Waals surface area contributed by atoms with E-state index in [4.69, 9.17) is 0 Å². The fourth-order valence-corrected chi connectivity index (χ4v) is 5.41. The summed E-state index contributed by atoms with van der Waals surface area (Å²) in [6, 6.07) is 8.38. The molecule has 0 aliphatic heterocycles. The molecule has 0 bridgehead atoms. The molecular formula is C36H58N6O5. The van der Waals surface area contributed by atoms with Crippen LogP contribution in [0.3, 0.4) is 0 Å². The summed E-state index contributed by atoms with van der Waals surface area (Å²) in [4.78, 5) is 54.9. The van der Waals surface area contributed by atoms with E-state index < -0.39 is 29.9 Å². The topological polar surface area (TPSA) is 154 Å². The maximum Gasteiger partial charge on any atom is 0.243 e. The summed E-state index contributed by atoms with van der Waals surface area (Å²) in [6.07, 6.45) is 13.6. The van der Waals surface area contributed by atoms with Crippen molar-refractivity contribution in [2.24, 2.45) is 5.92 Å². The normalized spacial score (nSPS) is 13.1. The van der Waals surface area contributed by atoms with Crippen LogP contribution in [0.1, 0.15) is 103 Å². The highest BCUT2D eigenvalue weighted by Crippen LogP contribution is 2.13. The number of aryl methyl sites for hydroxylation is 2. The van der Waals surface area contributed by atoms with Gasteiger partial charge in [0.25, 0.3) is 0 Å². The van der Waals surface area contributed by atoms with E-state index in [0.717, 1.165) is 37.9 Å². The first kappa shape index (κ1) is 39.4. The van der Waals surface area contributed by atoms with Crippen molar-refractivity contribution in [1.82, 2.24) is 30.8 Å². The van der Waals surface area contributed by atoms with Crippen LogP contribution in [0.5, 0.6) is 0 Å². The molecule has 1 heterocycles. The average Bonchev–Trinajstić information content (AvgIpc) is 3.48. The molecule has 0 radical (unpaired) electrons. The van der Waals surface area contributed by atoms with Crippen LogP contribution < -0.4 is 21.3 Å². The summed E-state index contributed by atoms with van der Waals surface area (Å²) < 4.78 is 2.03. The molecule has 2 aromatic rings. The number of benzene rings is 1. The van der Waals surface area contributed by atoms with Gasteiger partial charge in [0.05, 0.1) is 12.9 Å². The second-order valence-corrected chi connectivity index (χ2v) is 13.0. The lowest BCUT2D eigenvalue weighted by Crippen LogP contribution is -2.56. The fourth-order valence-electron chi connectivity index (χ4n) is 5.41. The van der Waals surface area contributed by atoms with Crippen molar-refractivity contribution < 1.29 is 24.3 Å². The summed E-state index contributed by atoms with van der Waals surface area (Å²) in [6.45, 7) is 8.11. The van der Waals surface area contributed by atoms with Crippen LogP contribution in [0, 0.1) is 5.92 Å². The van der Waals surface area contributed by atoms with E-state index in [-0.39, 0.29) is 37.2 Å². The largest absolute Gasteiger partial charge is 0.394 e. The van der Waals surface area contributed by atoms with Crippen LogP contribution in [0.4, 0.5) is 0 Å². The lowest BCUT2D eigenvalue weighted by molar-refractivity contribution is -0.132. The SMILES string of the molecule is CC(=O)NCCCCC(=O)NC(CC(C)C)C(=O)NC(Cc1cncn1CCCCCCCCc1ccccc1)C(=O)NC(C)CO. The number of unbranched alkanes of at least 4 members (excludes halogenated alkanes) is 6. The van der Waals surface area contributed by atoms with Crippen LogP contribution in [-0.2, 0) is 38.6 Å². The minimum Gasteiger partial charge on any atom is -0.394 e. The molecule has 1 aromatic heterocycles. The zero-order valence-electron chi connectivity index (χ0n) is 28.9. The zero-order valence-corrected chi connectivity index (χ0v) is 28.9. The molecule has 2 rings (SSSR count). The molecule has 0 saturated heterocycles. The average molecular weight is 655 g/mol. The van der Waals surface area contributed by atoms with Crippen molar-refractivity contribution >= 4 is 23.6 Å². The Morgan fingerprint density at radius 1 is 0.830 bits per heavy atom. The fraction of sp³-hybridized carbons (Fsp3) is 0.639. The van der Waals surface area contributed by atoms with Crippen LogP contribution in [-0.4, -0.2) is 69.6 Å². The number of rotatable bonds is 24. The Kier molecular flexibility index (Phi) is 19.1. The van der Waals surface area contributed by atoms with Gasteiger partial charge in [-0.1, -0.05) is 69.9 Å². The van der Waals surface area contributed by atoms with Gasteiger partial charge in [-0.25, -0.2) is 4.98 Å². The molecule has 4 amide bonds. The molecule has 0 saturated carbocycles. The maximum absolute atomic E-state index is 13.5. The molecule has 262 valence electrons. The van der Waals surface area contributed by atoms with Crippen molar-refractivity contribution in [2.45, 2.75) is 129 Å². The molecule has 5 N–H and O–H groups in total. The number of hydrogen-bond donors (Lipinski definition) is 5. The van der Waals surface area contributed by atoms with Crippen molar-refractivity contribution in [2.75, 3.05) is 13.2 Å². The minimum atomic E-state index is -0.916. The number of aliphatic hydroxyl groups excluding tert-OH is 1. The molecule has 11 nitrogen and oxygen atoms in total. The molecular weight excluding hydrogens is 596 g/mol. The molecule has 3 unspecified atom stereocenters. The van der Waals surface area contributed by atoms with Gasteiger partial charge in [0.1, 0.15) is 12.1 Å². The molecule has 0 aliphatic rings. The van der Waals surface area contributed by atoms with Crippen LogP contribution >= 0.6 is 0 Å². The molecule has 0 spiro atoms. The Labute approximate surface area is 281 Å². The van der Waals surface area contributed by atoms with Crippen molar-refractivity contribution in [3.63, 3.8) is 0 Å². The van der Waals surface area contributed by atoms with Crippen molar-refractivity contribution in [3.8, 4) is 0 Å². The summed E-state index contributed by atoms with van der Waals surface area (Å²) in [7, 11) is 0. The van der Waals surface area contributed by atoms with E-state index in [2.05, 4.69) is 50.5 Å². The van der Waals surface area contributed by atoms with E-state index >= 15 is 0 Å². The van der Waals surface area contributed by atoms with Gasteiger partial charge in [-0.2, -0.15) is 0 Å². The number of aliphatic hydroxyl groups is 1. The number of nitrogens with zero attached hydrogens (tertiary/aromatic N) is 2. The van der Waals surface area contributed by atoms with E-state index in [0.29, 0.717) is 25.8 Å². The number of hydrogen-bond acceptors (Lipinski definition) is 6. The number of nitrogens with one attached hydrogen (secondary N) is 4. The van der Waals surface area contributed by atoms with Gasteiger partial charge in [0.15, 0.2) is 0 Å². The number of aromatic nitrogens is 2. The van der Waals surface area contributed by atoms with E-state index in [1.807, 2.05) is 24.5 Å². The second kappa shape index (κ2) is 22.7. The molecule has 3 atom stereocenters. The van der Waals surface area contributed by atoms with Gasteiger partial charge in [-0.15, -0.1) is 0 Å². The number of carbonyl (C=O) groups excluding carboxylic acids is 4. The smallest absolute Gasteiger partial charge is 0.243 e. The third-order valence-electron chi connectivity index (χ3n) is 8.03. The third kappa shape index (κ3) is 17.1. The summed E-state index contributed by atoms with van der Waals surface area (Å²) in [5.41, 5.74) is 2.22. The lowest BCUT2D eigenvalue weighted by Gasteiger charge is -2.25. The van der Waals surface area contributed by atoms with Crippen LogP contribution in [0.25, 0.3) is 0 Å². The van der Waals surface area contributed by atoms with Crippen LogP contribution in [0.15, 0.2) is 42.9 Å². The van der Waals surface area contributed by atoms with Gasteiger partial charge in [-0.05, 0) is 56.9 Å². The monoisotopic (exact) mass is 654 g/mol. The predicted molar refractivity (Wildman–Crippen MR) is 184 cm³/mol. The Morgan fingerprint density at radius 2 is 1.51 bits per heavy atom. The highest BCUT2D eigenvalue weighted by Gasteiger charge is 2.29. The number of amides is 4. The summed E-state index contributed by atoms with van der Waals surface area (Å²) in [5, 5.41) is 20.7. The first-order valence-electron chi connectivity index (χ1n) is 17.4. The number of imidazole rings is 1. The van der Waals surface area contributed by atoms with Gasteiger partial charge in [0.2, 0.25) is 23.6 Å². The van der Waals surface area contributed by atoms with Crippen LogP contribution in [0.2, 0.25) is 0 Å². The highest BCUT2D eigenvalue weighted by molar-refractivity contribution is 5.92. The molecule has 47 heavy (non-hydrogen) atoms. The summed E-state index contributed by atoms with van der Waals surface area (Å²) in [5.74, 6) is -1.08. The number of carbonyl (C=O) groups is 4. The van der Waals surface area contributed by atoms with E-state index in [9.17, 15) is 24.3 Å². The molecule has 0 fully saturated rings. The highest BCUT2D eigenvalue weighted by atomic mass is 16.3. The first-order chi connectivity index (χ1) is 22.6. The zero-order chi connectivity index (χ0) is 34.4. The minimum absolute atomic E-state index is 0.112. The van der Waals surface area contributed by atoms with Gasteiger partial charge >= 0.3 is 0 Å². The molecule has 1 aromatic carbocycles. The van der Waals surface area contributed by atoms with Gasteiger partial charge in [-0.3, -0.25) is 19.2 Å². The van der Waals surface area contributed by atoms with Crippen molar-refractivity contribution in [3.05, 3.63) is 54.1 Å².